The Morgan fingerprint density at radius 3 is 2.42 bits per heavy atom. The van der Waals surface area contributed by atoms with Crippen molar-refractivity contribution in [1.82, 2.24) is 0 Å². The summed E-state index contributed by atoms with van der Waals surface area (Å²) in [7, 11) is 0. The van der Waals surface area contributed by atoms with Crippen LogP contribution in [0.1, 0.15) is 72.1 Å². The molecule has 0 aromatic heterocycles. The van der Waals surface area contributed by atoms with Crippen LogP contribution in [0.25, 0.3) is 5.32 Å². The van der Waals surface area contributed by atoms with Crippen LogP contribution in [0.3, 0.4) is 0 Å². The van der Waals surface area contributed by atoms with E-state index in [1.807, 2.05) is 0 Å². The Hall–Kier alpha value is -0.263. The summed E-state index contributed by atoms with van der Waals surface area (Å²) in [5.74, 6) is 3.00. The van der Waals surface area contributed by atoms with Gasteiger partial charge in [-0.3, -0.25) is 4.79 Å². The number of ketones is 1. The molecule has 1 amide bonds. The summed E-state index contributed by atoms with van der Waals surface area (Å²) in [6.45, 7) is 6.61. The Bertz CT molecular complexity index is 550. The van der Waals surface area contributed by atoms with E-state index in [1.54, 1.807) is 6.92 Å². The molecule has 3 saturated carbocycles. The summed E-state index contributed by atoms with van der Waals surface area (Å²) >= 11 is 0. The van der Waals surface area contributed by atoms with Crippen molar-refractivity contribution in [3.63, 3.8) is 0 Å². The number of nitrogens with zero attached hydrogens (tertiary/aromatic N) is 1. The zero-order valence-electron chi connectivity index (χ0n) is 15.8. The molecule has 0 radical (unpaired) electrons. The van der Waals surface area contributed by atoms with E-state index in [4.69, 9.17) is 0 Å². The molecule has 3 aliphatic carbocycles. The zero-order chi connectivity index (χ0) is 16.4. The second-order valence-electron chi connectivity index (χ2n) is 9.28. The monoisotopic (exact) mass is 323 g/mol. The van der Waals surface area contributed by atoms with Crippen molar-refractivity contribution in [2.45, 2.75) is 78.2 Å². The van der Waals surface area contributed by atoms with Crippen LogP contribution < -0.4 is 18.9 Å². The van der Waals surface area contributed by atoms with Gasteiger partial charge >= 0.3 is 18.9 Å². The summed E-state index contributed by atoms with van der Waals surface area (Å²) in [4.78, 5) is 23.9. The van der Waals surface area contributed by atoms with Gasteiger partial charge in [0, 0.05) is 5.92 Å². The first-order valence-corrected chi connectivity index (χ1v) is 9.60. The molecule has 0 spiro atoms. The zero-order valence-corrected chi connectivity index (χ0v) is 15.8. The molecule has 1 saturated heterocycles. The van der Waals surface area contributed by atoms with Gasteiger partial charge in [0.15, 0.2) is 0 Å². The van der Waals surface area contributed by atoms with Crippen LogP contribution in [0.2, 0.25) is 0 Å². The van der Waals surface area contributed by atoms with Crippen molar-refractivity contribution in [1.29, 1.82) is 0 Å². The smallest absolute Gasteiger partial charge is 0.650 e. The molecule has 0 bridgehead atoms. The third-order valence-corrected chi connectivity index (χ3v) is 8.49. The van der Waals surface area contributed by atoms with Crippen LogP contribution >= 0.6 is 0 Å². The van der Waals surface area contributed by atoms with Crippen molar-refractivity contribution in [3.8, 4) is 0 Å². The SMILES string of the molecule is CC(=O)[C@H]1CCC2C3CC[C@@H]4[N-]C(=O)CCC4(C)C3CCC21C.[Li+]. The van der Waals surface area contributed by atoms with E-state index in [0.717, 1.165) is 25.2 Å². The first-order valence-electron chi connectivity index (χ1n) is 9.60. The Balaban J connectivity index is 0.00000169. The van der Waals surface area contributed by atoms with Crippen molar-refractivity contribution in [2.24, 2.45) is 34.5 Å². The van der Waals surface area contributed by atoms with Crippen LogP contribution in [-0.2, 0) is 9.59 Å². The van der Waals surface area contributed by atoms with Crippen LogP contribution in [0.4, 0.5) is 0 Å². The molecule has 3 nitrogen and oxygen atoms in total. The number of piperidine rings is 1. The van der Waals surface area contributed by atoms with Crippen LogP contribution in [0.15, 0.2) is 0 Å². The molecular formula is C20H30LiNO2. The van der Waals surface area contributed by atoms with Gasteiger partial charge in [0.2, 0.25) is 0 Å². The van der Waals surface area contributed by atoms with Gasteiger partial charge < -0.3 is 10.1 Å². The van der Waals surface area contributed by atoms with Gasteiger partial charge in [-0.05, 0) is 74.0 Å². The number of rotatable bonds is 1. The molecule has 0 N–H and O–H groups in total. The Kier molecular flexibility index (Phi) is 4.76. The maximum atomic E-state index is 12.1. The van der Waals surface area contributed by atoms with E-state index in [-0.39, 0.29) is 47.6 Å². The fraction of sp³-hybridized carbons (Fsp3) is 0.900. The van der Waals surface area contributed by atoms with Gasteiger partial charge in [-0.1, -0.05) is 26.7 Å². The Labute approximate surface area is 158 Å². The summed E-state index contributed by atoms with van der Waals surface area (Å²) in [5.41, 5.74) is 0.463. The minimum Gasteiger partial charge on any atom is -0.650 e. The van der Waals surface area contributed by atoms with E-state index in [9.17, 15) is 9.59 Å². The van der Waals surface area contributed by atoms with Crippen LogP contribution in [0, 0.1) is 34.5 Å². The fourth-order valence-corrected chi connectivity index (χ4v) is 7.28. The minimum absolute atomic E-state index is 0. The van der Waals surface area contributed by atoms with Crippen LogP contribution in [-0.4, -0.2) is 17.7 Å². The Morgan fingerprint density at radius 2 is 1.71 bits per heavy atom. The molecule has 4 rings (SSSR count). The van der Waals surface area contributed by atoms with Crippen LogP contribution in [0.5, 0.6) is 0 Å². The molecule has 1 heterocycles. The molecule has 24 heavy (non-hydrogen) atoms. The maximum Gasteiger partial charge on any atom is 1.00 e. The topological polar surface area (TPSA) is 48.2 Å². The minimum atomic E-state index is 0. The molecule has 0 aromatic carbocycles. The third kappa shape index (κ3) is 2.45. The van der Waals surface area contributed by atoms with E-state index < -0.39 is 0 Å². The van der Waals surface area contributed by atoms with Gasteiger partial charge in [-0.2, -0.15) is 0 Å². The van der Waals surface area contributed by atoms with Gasteiger partial charge in [0.05, 0.1) is 5.91 Å². The number of hydrogen-bond acceptors (Lipinski definition) is 2. The van der Waals surface area contributed by atoms with Gasteiger partial charge in [-0.15, -0.1) is 6.04 Å². The number of carbonyl (C=O) groups is 2. The number of hydrogen-bond donors (Lipinski definition) is 0. The van der Waals surface area contributed by atoms with E-state index in [2.05, 4.69) is 19.2 Å². The summed E-state index contributed by atoms with van der Waals surface area (Å²) in [6, 6.07) is 0.263. The van der Waals surface area contributed by atoms with Crippen molar-refractivity contribution < 1.29 is 28.4 Å². The number of fused-ring (bicyclic) bond motifs is 5. The molecule has 7 atom stereocenters. The van der Waals surface area contributed by atoms with Gasteiger partial charge in [0.1, 0.15) is 5.78 Å². The first kappa shape index (κ1) is 18.5. The fourth-order valence-electron chi connectivity index (χ4n) is 7.28. The predicted octanol–water partition coefficient (Wildman–Crippen LogP) is 1.50. The van der Waals surface area contributed by atoms with Crippen molar-refractivity contribution in [2.75, 3.05) is 0 Å². The molecule has 4 fully saturated rings. The van der Waals surface area contributed by atoms with E-state index >= 15 is 0 Å². The second kappa shape index (κ2) is 6.17. The average Bonchev–Trinajstić information content (AvgIpc) is 2.85. The summed E-state index contributed by atoms with van der Waals surface area (Å²) in [6.07, 6.45) is 8.74. The van der Waals surface area contributed by atoms with E-state index in [1.165, 1.54) is 25.7 Å². The molecule has 0 aromatic rings. The van der Waals surface area contributed by atoms with Crippen molar-refractivity contribution in [3.05, 3.63) is 5.32 Å². The van der Waals surface area contributed by atoms with E-state index in [0.29, 0.717) is 24.0 Å². The first-order chi connectivity index (χ1) is 10.9. The van der Waals surface area contributed by atoms with Gasteiger partial charge in [0.25, 0.3) is 0 Å². The normalized spacial score (nSPS) is 50.0. The second-order valence-corrected chi connectivity index (χ2v) is 9.28. The molecule has 4 heteroatoms. The molecular weight excluding hydrogens is 293 g/mol. The third-order valence-electron chi connectivity index (χ3n) is 8.49. The van der Waals surface area contributed by atoms with Gasteiger partial charge in [-0.25, -0.2) is 0 Å². The molecule has 4 aliphatic rings. The molecule has 5 unspecified atom stereocenters. The standard InChI is InChI=1S/C20H31NO2.Li/c1-12(22)14-5-6-15-13-4-7-17-20(3,11-9-18(23)21-17)16(13)8-10-19(14,15)2;/h13-17H,4-11H2,1-3H3,(H,21,23);/q;+1/p-1/t13?,14-,15?,16?,17+,19?,20?;/m1./s1. The summed E-state index contributed by atoms with van der Waals surface area (Å²) in [5, 5.41) is 4.52. The number of Topliss-reactive ketones (excluding diaryl/α,β-unsaturated/α-hetero) is 1. The largest absolute Gasteiger partial charge is 1.00 e. The Morgan fingerprint density at radius 1 is 1.00 bits per heavy atom. The number of carbonyl (C=O) groups excluding carboxylic acids is 2. The predicted molar refractivity (Wildman–Crippen MR) is 89.9 cm³/mol. The maximum absolute atomic E-state index is 12.1. The van der Waals surface area contributed by atoms with Crippen molar-refractivity contribution >= 4 is 11.7 Å². The quantitative estimate of drug-likeness (QED) is 0.687. The molecule has 128 valence electrons. The average molecular weight is 323 g/mol. The summed E-state index contributed by atoms with van der Waals surface area (Å²) < 4.78 is 0. The number of amides is 1. The molecule has 1 aliphatic heterocycles.